The van der Waals surface area contributed by atoms with E-state index in [0.717, 1.165) is 48.2 Å². The number of nitrogens with zero attached hydrogens (tertiary/aromatic N) is 5. The van der Waals surface area contributed by atoms with Crippen LogP contribution in [0.5, 0.6) is 0 Å². The van der Waals surface area contributed by atoms with Crippen LogP contribution >= 0.6 is 23.1 Å². The van der Waals surface area contributed by atoms with Crippen molar-refractivity contribution < 1.29 is 9.21 Å². The highest BCUT2D eigenvalue weighted by Gasteiger charge is 2.25. The van der Waals surface area contributed by atoms with Crippen molar-refractivity contribution in [3.8, 4) is 17.3 Å². The molecule has 2 aromatic carbocycles. The third-order valence-electron chi connectivity index (χ3n) is 6.75. The summed E-state index contributed by atoms with van der Waals surface area (Å²) < 4.78 is 7.59. The van der Waals surface area contributed by atoms with Crippen LogP contribution in [0.3, 0.4) is 0 Å². The predicted molar refractivity (Wildman–Crippen MR) is 150 cm³/mol. The van der Waals surface area contributed by atoms with Gasteiger partial charge in [0.15, 0.2) is 10.9 Å². The zero-order valence-electron chi connectivity index (χ0n) is 20.8. The maximum atomic E-state index is 13.2. The number of carbonyl (C=O) groups is 1. The molecule has 0 atom stereocenters. The second kappa shape index (κ2) is 11.4. The SMILES string of the molecule is O=C(c1csc(CSc2nnc(-c3ccco3)n2-c2ccccc2)n1)N1CCC(Cc2ccccc2)CC1. The molecule has 7 nitrogen and oxygen atoms in total. The van der Waals surface area contributed by atoms with Crippen molar-refractivity contribution in [1.82, 2.24) is 24.6 Å². The summed E-state index contributed by atoms with van der Waals surface area (Å²) >= 11 is 3.06. The molecule has 38 heavy (non-hydrogen) atoms. The predicted octanol–water partition coefficient (Wildman–Crippen LogP) is 6.37. The number of hydrogen-bond donors (Lipinski definition) is 0. The summed E-state index contributed by atoms with van der Waals surface area (Å²) in [6, 6.07) is 24.3. The number of para-hydroxylation sites is 1. The molecule has 0 unspecified atom stereocenters. The molecule has 0 spiro atoms. The van der Waals surface area contributed by atoms with Gasteiger partial charge in [-0.3, -0.25) is 9.36 Å². The number of likely N-dealkylation sites (tertiary alicyclic amines) is 1. The summed E-state index contributed by atoms with van der Waals surface area (Å²) in [5.74, 6) is 2.55. The minimum Gasteiger partial charge on any atom is -0.461 e. The van der Waals surface area contributed by atoms with Gasteiger partial charge < -0.3 is 9.32 Å². The molecule has 0 bridgehead atoms. The fraction of sp³-hybridized carbons (Fsp3) is 0.241. The van der Waals surface area contributed by atoms with E-state index in [2.05, 4.69) is 45.5 Å². The van der Waals surface area contributed by atoms with Gasteiger partial charge in [-0.05, 0) is 55.0 Å². The Hall–Kier alpha value is -3.69. The Morgan fingerprint density at radius 3 is 2.47 bits per heavy atom. The molecule has 192 valence electrons. The van der Waals surface area contributed by atoms with Crippen molar-refractivity contribution in [3.05, 3.63) is 101 Å². The maximum Gasteiger partial charge on any atom is 0.273 e. The van der Waals surface area contributed by atoms with Gasteiger partial charge in [0.1, 0.15) is 10.7 Å². The lowest BCUT2D eigenvalue weighted by molar-refractivity contribution is 0.0685. The first-order valence-corrected chi connectivity index (χ1v) is 14.6. The van der Waals surface area contributed by atoms with Crippen LogP contribution in [0.1, 0.15) is 33.9 Å². The molecule has 1 saturated heterocycles. The van der Waals surface area contributed by atoms with Gasteiger partial charge in [0.2, 0.25) is 5.82 Å². The van der Waals surface area contributed by atoms with Gasteiger partial charge in [-0.2, -0.15) is 0 Å². The molecule has 0 aliphatic carbocycles. The van der Waals surface area contributed by atoms with Crippen LogP contribution in [-0.4, -0.2) is 43.6 Å². The molecule has 1 aliphatic heterocycles. The number of benzene rings is 2. The zero-order chi connectivity index (χ0) is 25.7. The highest BCUT2D eigenvalue weighted by atomic mass is 32.2. The molecule has 5 aromatic rings. The van der Waals surface area contributed by atoms with Crippen molar-refractivity contribution in [2.75, 3.05) is 13.1 Å². The number of rotatable bonds is 8. The van der Waals surface area contributed by atoms with Gasteiger partial charge in [-0.15, -0.1) is 21.5 Å². The Morgan fingerprint density at radius 2 is 1.74 bits per heavy atom. The largest absolute Gasteiger partial charge is 0.461 e. The zero-order valence-corrected chi connectivity index (χ0v) is 22.4. The number of aromatic nitrogens is 4. The minimum atomic E-state index is 0.0308. The normalized spacial score (nSPS) is 14.2. The number of amides is 1. The van der Waals surface area contributed by atoms with Crippen LogP contribution in [-0.2, 0) is 12.2 Å². The van der Waals surface area contributed by atoms with Gasteiger partial charge in [-0.25, -0.2) is 4.98 Å². The number of hydrogen-bond acceptors (Lipinski definition) is 7. The molecule has 0 N–H and O–H groups in total. The molecule has 4 heterocycles. The summed E-state index contributed by atoms with van der Waals surface area (Å²) in [6.07, 6.45) is 4.77. The van der Waals surface area contributed by atoms with E-state index in [-0.39, 0.29) is 5.91 Å². The van der Waals surface area contributed by atoms with Crippen LogP contribution < -0.4 is 0 Å². The molecule has 0 saturated carbocycles. The monoisotopic (exact) mass is 541 g/mol. The van der Waals surface area contributed by atoms with E-state index in [1.807, 2.05) is 57.3 Å². The van der Waals surface area contributed by atoms with Crippen molar-refractivity contribution in [1.29, 1.82) is 0 Å². The third-order valence-corrected chi connectivity index (χ3v) is 8.73. The summed E-state index contributed by atoms with van der Waals surface area (Å²) in [5.41, 5.74) is 2.86. The number of furan rings is 1. The molecule has 1 amide bonds. The van der Waals surface area contributed by atoms with Crippen molar-refractivity contribution in [2.45, 2.75) is 30.2 Å². The van der Waals surface area contributed by atoms with Crippen LogP contribution in [0.15, 0.2) is 94.0 Å². The quantitative estimate of drug-likeness (QED) is 0.213. The van der Waals surface area contributed by atoms with Crippen LogP contribution in [0.25, 0.3) is 17.3 Å². The second-order valence-corrected chi connectivity index (χ2v) is 11.2. The van der Waals surface area contributed by atoms with Gasteiger partial charge in [0, 0.05) is 24.2 Å². The first-order valence-electron chi connectivity index (χ1n) is 12.7. The highest BCUT2D eigenvalue weighted by Crippen LogP contribution is 2.31. The molecule has 0 radical (unpaired) electrons. The average molecular weight is 542 g/mol. The fourth-order valence-electron chi connectivity index (χ4n) is 4.79. The first kappa shape index (κ1) is 24.6. The van der Waals surface area contributed by atoms with Crippen LogP contribution in [0.2, 0.25) is 0 Å². The van der Waals surface area contributed by atoms with E-state index < -0.39 is 0 Å². The van der Waals surface area contributed by atoms with E-state index in [1.54, 1.807) is 18.0 Å². The Labute approximate surface area is 229 Å². The highest BCUT2D eigenvalue weighted by molar-refractivity contribution is 7.98. The van der Waals surface area contributed by atoms with Gasteiger partial charge in [0.05, 0.1) is 12.0 Å². The number of piperidine rings is 1. The number of carbonyl (C=O) groups excluding carboxylic acids is 1. The summed E-state index contributed by atoms with van der Waals surface area (Å²) in [6.45, 7) is 1.57. The van der Waals surface area contributed by atoms with Crippen LogP contribution in [0, 0.1) is 5.92 Å². The molecular weight excluding hydrogens is 514 g/mol. The lowest BCUT2D eigenvalue weighted by atomic mass is 9.90. The van der Waals surface area contributed by atoms with Gasteiger partial charge in [-0.1, -0.05) is 60.3 Å². The molecule has 9 heteroatoms. The first-order chi connectivity index (χ1) is 18.7. The van der Waals surface area contributed by atoms with E-state index >= 15 is 0 Å². The maximum absolute atomic E-state index is 13.2. The molecule has 6 rings (SSSR count). The molecule has 1 aliphatic rings. The van der Waals surface area contributed by atoms with E-state index in [1.165, 1.54) is 16.9 Å². The minimum absolute atomic E-state index is 0.0308. The molecule has 1 fully saturated rings. The standard InChI is InChI=1S/C29H27N5O2S2/c35-28(33-15-13-22(14-16-33)18-21-8-3-1-4-9-21)24-19-37-26(30-24)20-38-29-32-31-27(25-12-7-17-36-25)34(29)23-10-5-2-6-11-23/h1-12,17,19,22H,13-16,18,20H2. The van der Waals surface area contributed by atoms with Gasteiger partial charge in [0.25, 0.3) is 5.91 Å². The van der Waals surface area contributed by atoms with Crippen molar-refractivity contribution >= 4 is 29.0 Å². The molecule has 3 aromatic heterocycles. The molecular formula is C29H27N5O2S2. The second-order valence-electron chi connectivity index (χ2n) is 9.29. The summed E-state index contributed by atoms with van der Waals surface area (Å²) in [5, 5.41) is 12.3. The summed E-state index contributed by atoms with van der Waals surface area (Å²) in [7, 11) is 0. The fourth-order valence-corrected chi connectivity index (χ4v) is 6.53. The van der Waals surface area contributed by atoms with E-state index in [0.29, 0.717) is 28.9 Å². The smallest absolute Gasteiger partial charge is 0.273 e. The topological polar surface area (TPSA) is 77.0 Å². The Kier molecular flexibility index (Phi) is 7.37. The lowest BCUT2D eigenvalue weighted by Gasteiger charge is -2.31. The lowest BCUT2D eigenvalue weighted by Crippen LogP contribution is -2.39. The number of thiazole rings is 1. The van der Waals surface area contributed by atoms with Crippen LogP contribution in [0.4, 0.5) is 0 Å². The van der Waals surface area contributed by atoms with Gasteiger partial charge >= 0.3 is 0 Å². The Morgan fingerprint density at radius 1 is 0.974 bits per heavy atom. The van der Waals surface area contributed by atoms with E-state index in [4.69, 9.17) is 4.42 Å². The third kappa shape index (κ3) is 5.44. The Balaban J connectivity index is 1.09. The Bertz CT molecular complexity index is 1470. The van der Waals surface area contributed by atoms with Crippen molar-refractivity contribution in [3.63, 3.8) is 0 Å². The van der Waals surface area contributed by atoms with Crippen molar-refractivity contribution in [2.24, 2.45) is 5.92 Å². The van der Waals surface area contributed by atoms with E-state index in [9.17, 15) is 4.79 Å². The average Bonchev–Trinajstić information content (AvgIpc) is 3.74. The number of thioether (sulfide) groups is 1. The summed E-state index contributed by atoms with van der Waals surface area (Å²) in [4.78, 5) is 19.8.